The number of carboxylic acids is 2. The fraction of sp³-hybridized carbons (Fsp3) is 0.429. The van der Waals surface area contributed by atoms with E-state index in [1.807, 2.05) is 0 Å². The smallest absolute Gasteiger partial charge is 0.414 e. The Hall–Kier alpha value is -2.60. The highest BCUT2D eigenvalue weighted by atomic mass is 16.4. The lowest BCUT2D eigenvalue weighted by atomic mass is 9.92. The minimum Gasteiger partial charge on any atom is -0.473 e. The Bertz CT molecular complexity index is 795. The number of hydrogen-bond acceptors (Lipinski definition) is 4. The molecule has 6 nitrogen and oxygen atoms in total. The summed E-state index contributed by atoms with van der Waals surface area (Å²) >= 11 is 0. The van der Waals surface area contributed by atoms with Crippen molar-refractivity contribution in [2.45, 2.75) is 12.8 Å². The van der Waals surface area contributed by atoms with Gasteiger partial charge in [0, 0.05) is 31.9 Å². The Morgan fingerprint density at radius 3 is 2.00 bits per heavy atom. The van der Waals surface area contributed by atoms with E-state index in [9.17, 15) is 0 Å². The number of benzene rings is 2. The fourth-order valence-electron chi connectivity index (χ4n) is 4.21. The highest BCUT2D eigenvalue weighted by Crippen LogP contribution is 2.33. The van der Waals surface area contributed by atoms with Crippen molar-refractivity contribution in [3.05, 3.63) is 42.5 Å². The van der Waals surface area contributed by atoms with E-state index in [0.717, 1.165) is 11.8 Å². The van der Waals surface area contributed by atoms with Gasteiger partial charge in [-0.2, -0.15) is 0 Å². The molecule has 2 heterocycles. The Kier molecular flexibility index (Phi) is 5.96. The van der Waals surface area contributed by atoms with Crippen molar-refractivity contribution in [3.63, 3.8) is 0 Å². The third-order valence-corrected chi connectivity index (χ3v) is 5.58. The minimum atomic E-state index is -1.82. The second kappa shape index (κ2) is 8.39. The molecule has 6 heteroatoms. The summed E-state index contributed by atoms with van der Waals surface area (Å²) in [6, 6.07) is 15.6. The van der Waals surface area contributed by atoms with Crippen molar-refractivity contribution >= 4 is 28.4 Å². The number of hydrogen-bond donors (Lipinski definition) is 2. The molecule has 2 aromatic carbocycles. The summed E-state index contributed by atoms with van der Waals surface area (Å²) in [5.41, 5.74) is 1.40. The Balaban J connectivity index is 0.000000307. The Morgan fingerprint density at radius 2 is 1.44 bits per heavy atom. The third-order valence-electron chi connectivity index (χ3n) is 5.58. The molecule has 0 aliphatic carbocycles. The van der Waals surface area contributed by atoms with Crippen LogP contribution in [0.1, 0.15) is 12.8 Å². The zero-order valence-electron chi connectivity index (χ0n) is 15.5. The number of carboxylic acid groups (broad SMARTS) is 2. The first-order chi connectivity index (χ1) is 12.9. The van der Waals surface area contributed by atoms with Crippen molar-refractivity contribution in [3.8, 4) is 0 Å². The summed E-state index contributed by atoms with van der Waals surface area (Å²) < 4.78 is 0. The molecule has 0 radical (unpaired) electrons. The van der Waals surface area contributed by atoms with Crippen molar-refractivity contribution in [2.24, 2.45) is 11.8 Å². The van der Waals surface area contributed by atoms with E-state index < -0.39 is 11.9 Å². The highest BCUT2D eigenvalue weighted by Gasteiger charge is 2.33. The van der Waals surface area contributed by atoms with Crippen molar-refractivity contribution in [1.29, 1.82) is 0 Å². The molecule has 0 aromatic heterocycles. The van der Waals surface area contributed by atoms with Crippen LogP contribution in [0, 0.1) is 11.8 Å². The van der Waals surface area contributed by atoms with Gasteiger partial charge in [-0.1, -0.05) is 30.3 Å². The second-order valence-electron chi connectivity index (χ2n) is 7.45. The van der Waals surface area contributed by atoms with Crippen LogP contribution in [0.15, 0.2) is 42.5 Å². The summed E-state index contributed by atoms with van der Waals surface area (Å²) in [6.07, 6.45) is 2.70. The van der Waals surface area contributed by atoms with E-state index in [4.69, 9.17) is 19.8 Å². The Labute approximate surface area is 159 Å². The van der Waals surface area contributed by atoms with Crippen molar-refractivity contribution < 1.29 is 19.8 Å². The molecule has 0 bridgehead atoms. The van der Waals surface area contributed by atoms with Gasteiger partial charge in [0.2, 0.25) is 0 Å². The van der Waals surface area contributed by atoms with Crippen LogP contribution in [0.4, 0.5) is 5.69 Å². The van der Waals surface area contributed by atoms with Crippen molar-refractivity contribution in [1.82, 2.24) is 4.90 Å². The minimum absolute atomic E-state index is 0.917. The first-order valence-electron chi connectivity index (χ1n) is 9.32. The zero-order chi connectivity index (χ0) is 19.4. The molecular formula is C21H26N2O4. The molecule has 144 valence electrons. The van der Waals surface area contributed by atoms with E-state index in [0.29, 0.717) is 0 Å². The summed E-state index contributed by atoms with van der Waals surface area (Å²) in [7, 11) is 2.27. The maximum atomic E-state index is 9.10. The van der Waals surface area contributed by atoms with Gasteiger partial charge in [0.25, 0.3) is 0 Å². The average Bonchev–Trinajstić information content (AvgIpc) is 2.90. The topological polar surface area (TPSA) is 81.1 Å². The predicted molar refractivity (Wildman–Crippen MR) is 105 cm³/mol. The lowest BCUT2D eigenvalue weighted by Crippen LogP contribution is -2.26. The summed E-state index contributed by atoms with van der Waals surface area (Å²) in [6.45, 7) is 5.03. The third kappa shape index (κ3) is 4.77. The van der Waals surface area contributed by atoms with E-state index in [-0.39, 0.29) is 0 Å². The van der Waals surface area contributed by atoms with Crippen LogP contribution in [0.2, 0.25) is 0 Å². The van der Waals surface area contributed by atoms with E-state index in [1.165, 1.54) is 55.5 Å². The van der Waals surface area contributed by atoms with Gasteiger partial charge in [0.15, 0.2) is 0 Å². The highest BCUT2D eigenvalue weighted by molar-refractivity contribution is 6.27. The van der Waals surface area contributed by atoms with Gasteiger partial charge in [-0.3, -0.25) is 0 Å². The number of fused-ring (bicyclic) bond motifs is 2. The van der Waals surface area contributed by atoms with Crippen molar-refractivity contribution in [2.75, 3.05) is 38.1 Å². The number of aliphatic carboxylic acids is 2. The van der Waals surface area contributed by atoms with Crippen LogP contribution < -0.4 is 4.90 Å². The van der Waals surface area contributed by atoms with Crippen LogP contribution in [0.5, 0.6) is 0 Å². The molecule has 2 unspecified atom stereocenters. The summed E-state index contributed by atoms with van der Waals surface area (Å²) in [5, 5.41) is 17.5. The number of rotatable bonds is 1. The first kappa shape index (κ1) is 19.2. The molecule has 2 aromatic rings. The fourth-order valence-corrected chi connectivity index (χ4v) is 4.21. The van der Waals surface area contributed by atoms with Crippen LogP contribution >= 0.6 is 0 Å². The number of carbonyl (C=O) groups is 2. The van der Waals surface area contributed by atoms with Gasteiger partial charge in [-0.05, 0) is 54.6 Å². The van der Waals surface area contributed by atoms with Crippen LogP contribution in [0.25, 0.3) is 10.8 Å². The lowest BCUT2D eigenvalue weighted by Gasteiger charge is -2.24. The molecule has 27 heavy (non-hydrogen) atoms. The maximum Gasteiger partial charge on any atom is 0.414 e. The number of likely N-dealkylation sites (tertiary alicyclic amines) is 1. The molecule has 0 amide bonds. The quantitative estimate of drug-likeness (QED) is 0.752. The molecular weight excluding hydrogens is 344 g/mol. The van der Waals surface area contributed by atoms with Gasteiger partial charge in [0.1, 0.15) is 0 Å². The average molecular weight is 370 g/mol. The summed E-state index contributed by atoms with van der Waals surface area (Å²) in [5.74, 6) is -1.81. The van der Waals surface area contributed by atoms with Gasteiger partial charge in [-0.15, -0.1) is 0 Å². The molecule has 4 rings (SSSR count). The predicted octanol–water partition coefficient (Wildman–Crippen LogP) is 2.77. The molecule has 2 fully saturated rings. The molecule has 2 atom stereocenters. The molecule has 2 aliphatic rings. The number of nitrogens with zero attached hydrogens (tertiary/aromatic N) is 2. The molecule has 2 aliphatic heterocycles. The van der Waals surface area contributed by atoms with Gasteiger partial charge in [0.05, 0.1) is 0 Å². The van der Waals surface area contributed by atoms with E-state index >= 15 is 0 Å². The largest absolute Gasteiger partial charge is 0.473 e. The molecule has 0 spiro atoms. The first-order valence-corrected chi connectivity index (χ1v) is 9.32. The lowest BCUT2D eigenvalue weighted by molar-refractivity contribution is -0.159. The van der Waals surface area contributed by atoms with Gasteiger partial charge < -0.3 is 20.0 Å². The van der Waals surface area contributed by atoms with Crippen LogP contribution in [0.3, 0.4) is 0 Å². The van der Waals surface area contributed by atoms with E-state index in [2.05, 4.69) is 59.3 Å². The van der Waals surface area contributed by atoms with E-state index in [1.54, 1.807) is 0 Å². The maximum absolute atomic E-state index is 9.10. The monoisotopic (exact) mass is 370 g/mol. The SMILES string of the molecule is CN1CC2CCN(c3ccc4ccccc4c3)CCC2C1.O=C(O)C(=O)O. The molecule has 0 saturated carbocycles. The van der Waals surface area contributed by atoms with Gasteiger partial charge in [-0.25, -0.2) is 9.59 Å². The zero-order valence-corrected chi connectivity index (χ0v) is 15.5. The second-order valence-corrected chi connectivity index (χ2v) is 7.45. The van der Waals surface area contributed by atoms with Crippen LogP contribution in [-0.2, 0) is 9.59 Å². The Morgan fingerprint density at radius 1 is 0.889 bits per heavy atom. The standard InChI is InChI=1S/C19H24N2.C2H2O4/c1-20-13-17-8-10-21(11-9-18(17)14-20)19-7-6-15-4-2-3-5-16(15)12-19;3-1(4)2(5)6/h2-7,12,17-18H,8-11,13-14H2,1H3;(H,3,4)(H,5,6). The number of anilines is 1. The van der Waals surface area contributed by atoms with Crippen LogP contribution in [-0.4, -0.2) is 60.3 Å². The molecule has 2 saturated heterocycles. The van der Waals surface area contributed by atoms with Gasteiger partial charge >= 0.3 is 11.9 Å². The summed E-state index contributed by atoms with van der Waals surface area (Å²) in [4.78, 5) is 23.3. The normalized spacial score (nSPS) is 22.5. The molecule has 2 N–H and O–H groups in total.